The van der Waals surface area contributed by atoms with E-state index in [-0.39, 0.29) is 24.6 Å². The van der Waals surface area contributed by atoms with Gasteiger partial charge >= 0.3 is 6.03 Å². The van der Waals surface area contributed by atoms with Crippen LogP contribution in [-0.4, -0.2) is 46.9 Å². The Balaban J connectivity index is 1.15. The predicted molar refractivity (Wildman–Crippen MR) is 124 cm³/mol. The van der Waals surface area contributed by atoms with E-state index in [4.69, 9.17) is 9.47 Å². The molecule has 1 fully saturated rings. The Labute approximate surface area is 194 Å². The number of piperidine rings is 1. The van der Waals surface area contributed by atoms with Crippen LogP contribution in [0, 0.1) is 6.92 Å². The molecule has 33 heavy (non-hydrogen) atoms. The van der Waals surface area contributed by atoms with Crippen LogP contribution in [-0.2, 0) is 0 Å². The molecule has 9 nitrogen and oxygen atoms in total. The zero-order valence-corrected chi connectivity index (χ0v) is 18.9. The summed E-state index contributed by atoms with van der Waals surface area (Å²) in [6.45, 7) is 3.44. The number of amides is 3. The fraction of sp³-hybridized carbons (Fsp3) is 0.304. The number of hydrogen-bond acceptors (Lipinski definition) is 7. The van der Waals surface area contributed by atoms with Gasteiger partial charge in [0, 0.05) is 36.4 Å². The van der Waals surface area contributed by atoms with Crippen LogP contribution in [0.4, 0.5) is 16.2 Å². The van der Waals surface area contributed by atoms with Crippen LogP contribution < -0.4 is 20.1 Å². The number of nitrogens with zero attached hydrogens (tertiary/aromatic N) is 3. The van der Waals surface area contributed by atoms with E-state index < -0.39 is 0 Å². The van der Waals surface area contributed by atoms with Gasteiger partial charge in [-0.2, -0.15) is 0 Å². The van der Waals surface area contributed by atoms with Crippen molar-refractivity contribution in [1.82, 2.24) is 15.1 Å². The quantitative estimate of drug-likeness (QED) is 0.597. The number of ether oxygens (including phenoxy) is 2. The Hall–Kier alpha value is -3.66. The number of rotatable bonds is 4. The molecule has 0 atom stereocenters. The highest BCUT2D eigenvalue weighted by atomic mass is 32.1. The molecule has 10 heteroatoms. The van der Waals surface area contributed by atoms with Gasteiger partial charge in [0.05, 0.1) is 0 Å². The van der Waals surface area contributed by atoms with E-state index in [0.29, 0.717) is 35.3 Å². The first-order valence-corrected chi connectivity index (χ1v) is 11.5. The van der Waals surface area contributed by atoms with E-state index in [0.717, 1.165) is 29.1 Å². The summed E-state index contributed by atoms with van der Waals surface area (Å²) >= 11 is 1.30. The summed E-state index contributed by atoms with van der Waals surface area (Å²) in [5.41, 5.74) is 2.54. The largest absolute Gasteiger partial charge is 0.454 e. The lowest BCUT2D eigenvalue weighted by molar-refractivity contribution is 0.102. The maximum atomic E-state index is 12.6. The van der Waals surface area contributed by atoms with Crippen molar-refractivity contribution in [3.8, 4) is 11.5 Å². The second-order valence-electron chi connectivity index (χ2n) is 8.03. The maximum Gasteiger partial charge on any atom is 0.321 e. The molecular weight excluding hydrogens is 442 g/mol. The standard InChI is InChI=1S/C23H23N5O4S/c1-14-2-4-16(5-3-14)25-23(30)28-10-8-15(9-11-28)21-26-27-22(33-21)20(29)24-17-6-7-18-19(12-17)32-13-31-18/h2-7,12,15H,8-11,13H2,1H3,(H,24,29)(H,25,30). The molecule has 2 aliphatic heterocycles. The average molecular weight is 466 g/mol. The number of likely N-dealkylation sites (tertiary alicyclic amines) is 1. The molecule has 0 aliphatic carbocycles. The summed E-state index contributed by atoms with van der Waals surface area (Å²) in [6.07, 6.45) is 1.56. The van der Waals surface area contributed by atoms with Crippen molar-refractivity contribution in [1.29, 1.82) is 0 Å². The van der Waals surface area contributed by atoms with Gasteiger partial charge in [-0.05, 0) is 44.0 Å². The van der Waals surface area contributed by atoms with Crippen LogP contribution in [0.2, 0.25) is 0 Å². The molecule has 0 spiro atoms. The van der Waals surface area contributed by atoms with Crippen LogP contribution in [0.1, 0.15) is 39.1 Å². The van der Waals surface area contributed by atoms with Crippen molar-refractivity contribution in [2.45, 2.75) is 25.7 Å². The Kier molecular flexibility index (Phi) is 5.82. The van der Waals surface area contributed by atoms with Gasteiger partial charge in [-0.15, -0.1) is 10.2 Å². The number of urea groups is 1. The number of hydrogen-bond donors (Lipinski definition) is 2. The molecule has 5 rings (SSSR count). The van der Waals surface area contributed by atoms with Crippen LogP contribution in [0.25, 0.3) is 0 Å². The second kappa shape index (κ2) is 9.07. The SMILES string of the molecule is Cc1ccc(NC(=O)N2CCC(c3nnc(C(=O)Nc4ccc5c(c4)OCO5)s3)CC2)cc1. The number of aryl methyl sites for hydroxylation is 1. The Morgan fingerprint density at radius 3 is 2.48 bits per heavy atom. The average Bonchev–Trinajstić information content (AvgIpc) is 3.50. The number of fused-ring (bicyclic) bond motifs is 1. The van der Waals surface area contributed by atoms with Crippen LogP contribution >= 0.6 is 11.3 Å². The van der Waals surface area contributed by atoms with Crippen molar-refractivity contribution in [2.24, 2.45) is 0 Å². The number of carbonyl (C=O) groups excluding carboxylic acids is 2. The van der Waals surface area contributed by atoms with Gasteiger partial charge in [-0.25, -0.2) is 4.79 Å². The minimum absolute atomic E-state index is 0.0987. The first kappa shape index (κ1) is 21.2. The molecule has 0 bridgehead atoms. The third-order valence-corrected chi connectivity index (χ3v) is 6.78. The van der Waals surface area contributed by atoms with Gasteiger partial charge in [-0.3, -0.25) is 4.79 Å². The van der Waals surface area contributed by atoms with Crippen LogP contribution in [0.15, 0.2) is 42.5 Å². The molecule has 170 valence electrons. The van der Waals surface area contributed by atoms with E-state index in [9.17, 15) is 9.59 Å². The third-order valence-electron chi connectivity index (χ3n) is 5.70. The highest BCUT2D eigenvalue weighted by Crippen LogP contribution is 2.35. The predicted octanol–water partition coefficient (Wildman–Crippen LogP) is 4.24. The van der Waals surface area contributed by atoms with Gasteiger partial charge in [0.15, 0.2) is 11.5 Å². The van der Waals surface area contributed by atoms with Gasteiger partial charge in [0.1, 0.15) is 5.01 Å². The van der Waals surface area contributed by atoms with Crippen LogP contribution in [0.5, 0.6) is 11.5 Å². The first-order valence-electron chi connectivity index (χ1n) is 10.7. The van der Waals surface area contributed by atoms with Gasteiger partial charge in [-0.1, -0.05) is 29.0 Å². The minimum atomic E-state index is -0.312. The van der Waals surface area contributed by atoms with Crippen molar-refractivity contribution in [2.75, 3.05) is 30.5 Å². The number of benzene rings is 2. The normalized spacial score (nSPS) is 15.4. The van der Waals surface area contributed by atoms with Crippen molar-refractivity contribution in [3.05, 3.63) is 58.0 Å². The summed E-state index contributed by atoms with van der Waals surface area (Å²) in [5.74, 6) is 1.12. The second-order valence-corrected chi connectivity index (χ2v) is 9.03. The molecule has 2 N–H and O–H groups in total. The molecule has 2 aromatic carbocycles. The Morgan fingerprint density at radius 2 is 1.70 bits per heavy atom. The van der Waals surface area contributed by atoms with E-state index in [1.807, 2.05) is 36.1 Å². The highest BCUT2D eigenvalue weighted by Gasteiger charge is 2.27. The molecule has 2 aliphatic rings. The van der Waals surface area contributed by atoms with Gasteiger partial charge in [0.25, 0.3) is 5.91 Å². The van der Waals surface area contributed by atoms with E-state index in [1.54, 1.807) is 18.2 Å². The molecular formula is C23H23N5O4S. The van der Waals surface area contributed by atoms with E-state index >= 15 is 0 Å². The fourth-order valence-electron chi connectivity index (χ4n) is 3.82. The number of nitrogens with one attached hydrogen (secondary N) is 2. The first-order chi connectivity index (χ1) is 16.0. The molecule has 1 saturated heterocycles. The molecule has 3 aromatic rings. The lowest BCUT2D eigenvalue weighted by atomic mass is 9.98. The number of carbonyl (C=O) groups is 2. The zero-order chi connectivity index (χ0) is 22.8. The molecule has 0 radical (unpaired) electrons. The molecule has 0 unspecified atom stereocenters. The monoisotopic (exact) mass is 465 g/mol. The van der Waals surface area contributed by atoms with Crippen molar-refractivity contribution >= 4 is 34.6 Å². The van der Waals surface area contributed by atoms with Gasteiger partial charge in [0.2, 0.25) is 11.8 Å². The highest BCUT2D eigenvalue weighted by molar-refractivity contribution is 7.13. The van der Waals surface area contributed by atoms with Crippen molar-refractivity contribution in [3.63, 3.8) is 0 Å². The Morgan fingerprint density at radius 1 is 0.970 bits per heavy atom. The summed E-state index contributed by atoms with van der Waals surface area (Å²) in [7, 11) is 0. The summed E-state index contributed by atoms with van der Waals surface area (Å²) in [5, 5.41) is 15.2. The lowest BCUT2D eigenvalue weighted by Crippen LogP contribution is -2.40. The fourth-order valence-corrected chi connectivity index (χ4v) is 4.73. The summed E-state index contributed by atoms with van der Waals surface area (Å²) in [6, 6.07) is 12.9. The summed E-state index contributed by atoms with van der Waals surface area (Å²) in [4.78, 5) is 27.0. The third kappa shape index (κ3) is 4.75. The Bertz CT molecular complexity index is 1170. The maximum absolute atomic E-state index is 12.6. The number of aromatic nitrogens is 2. The summed E-state index contributed by atoms with van der Waals surface area (Å²) < 4.78 is 10.6. The van der Waals surface area contributed by atoms with Crippen molar-refractivity contribution < 1.29 is 19.1 Å². The molecule has 1 aromatic heterocycles. The van der Waals surface area contributed by atoms with E-state index in [1.165, 1.54) is 11.3 Å². The van der Waals surface area contributed by atoms with E-state index in [2.05, 4.69) is 20.8 Å². The number of anilines is 2. The minimum Gasteiger partial charge on any atom is -0.454 e. The van der Waals surface area contributed by atoms with Gasteiger partial charge < -0.3 is 25.0 Å². The molecule has 0 saturated carbocycles. The van der Waals surface area contributed by atoms with Crippen LogP contribution in [0.3, 0.4) is 0 Å². The lowest BCUT2D eigenvalue weighted by Gasteiger charge is -2.31. The smallest absolute Gasteiger partial charge is 0.321 e. The zero-order valence-electron chi connectivity index (χ0n) is 18.0. The molecule has 3 heterocycles. The molecule has 3 amide bonds. The topological polar surface area (TPSA) is 106 Å².